The van der Waals surface area contributed by atoms with Gasteiger partial charge in [-0.2, -0.15) is 9.78 Å². The van der Waals surface area contributed by atoms with Crippen molar-refractivity contribution in [2.45, 2.75) is 13.8 Å². The highest BCUT2D eigenvalue weighted by atomic mass is 79.9. The zero-order valence-corrected chi connectivity index (χ0v) is 18.2. The van der Waals surface area contributed by atoms with Crippen molar-refractivity contribution in [3.8, 4) is 23.8 Å². The summed E-state index contributed by atoms with van der Waals surface area (Å²) in [5.74, 6) is 2.72. The monoisotopic (exact) mass is 484 g/mol. The normalized spacial score (nSPS) is 10.9. The van der Waals surface area contributed by atoms with Crippen molar-refractivity contribution in [2.24, 2.45) is 5.10 Å². The van der Waals surface area contributed by atoms with Gasteiger partial charge in [-0.3, -0.25) is 14.9 Å². The molecule has 0 aliphatic heterocycles. The summed E-state index contributed by atoms with van der Waals surface area (Å²) in [4.78, 5) is 28.2. The number of benzene rings is 2. The van der Waals surface area contributed by atoms with Gasteiger partial charge in [0.25, 0.3) is 5.56 Å². The molecule has 0 spiro atoms. The summed E-state index contributed by atoms with van der Waals surface area (Å²) in [5, 5.41) is 16.1. The Morgan fingerprint density at radius 3 is 2.81 bits per heavy atom. The Labute approximate surface area is 185 Å². The van der Waals surface area contributed by atoms with E-state index in [9.17, 15) is 14.9 Å². The Bertz CT molecular complexity index is 1290. The molecule has 0 atom stereocenters. The van der Waals surface area contributed by atoms with Crippen LogP contribution in [0.2, 0.25) is 0 Å². The van der Waals surface area contributed by atoms with E-state index in [2.05, 4.69) is 31.9 Å². The topological polar surface area (TPSA) is 109 Å². The third kappa shape index (κ3) is 4.73. The molecule has 0 saturated carbocycles. The molecule has 0 aliphatic carbocycles. The summed E-state index contributed by atoms with van der Waals surface area (Å²) in [6, 6.07) is 7.97. The van der Waals surface area contributed by atoms with Crippen LogP contribution in [0.15, 0.2) is 44.7 Å². The standard InChI is InChI=1S/C21H17BrN4O5/c1-4-8-31-20-18(26(28)29)9-14(10-19(20)30-5-2)12-23-25-13(3)24-17-7-6-15(22)11-16(17)21(25)27/h1,6-7,9-12H,5,8H2,2-3H3. The zero-order valence-electron chi connectivity index (χ0n) is 16.7. The van der Waals surface area contributed by atoms with Crippen LogP contribution < -0.4 is 15.0 Å². The minimum absolute atomic E-state index is 0.0625. The maximum Gasteiger partial charge on any atom is 0.315 e. The molecule has 9 nitrogen and oxygen atoms in total. The summed E-state index contributed by atoms with van der Waals surface area (Å²) in [6.07, 6.45) is 6.52. The molecule has 158 valence electrons. The van der Waals surface area contributed by atoms with Crippen molar-refractivity contribution in [3.63, 3.8) is 0 Å². The second-order valence-corrected chi connectivity index (χ2v) is 7.15. The summed E-state index contributed by atoms with van der Waals surface area (Å²) < 4.78 is 12.7. The van der Waals surface area contributed by atoms with Crippen molar-refractivity contribution in [1.82, 2.24) is 9.66 Å². The highest BCUT2D eigenvalue weighted by molar-refractivity contribution is 9.10. The number of hydrogen-bond donors (Lipinski definition) is 0. The van der Waals surface area contributed by atoms with Gasteiger partial charge in [0.05, 0.1) is 28.6 Å². The van der Waals surface area contributed by atoms with Gasteiger partial charge in [0.2, 0.25) is 5.75 Å². The Kier molecular flexibility index (Phi) is 6.67. The highest BCUT2D eigenvalue weighted by Crippen LogP contribution is 2.38. The van der Waals surface area contributed by atoms with Gasteiger partial charge in [-0.05, 0) is 38.1 Å². The molecule has 2 aromatic carbocycles. The van der Waals surface area contributed by atoms with Gasteiger partial charge >= 0.3 is 5.69 Å². The lowest BCUT2D eigenvalue weighted by atomic mass is 10.2. The fourth-order valence-electron chi connectivity index (χ4n) is 2.86. The number of nitro groups is 1. The second kappa shape index (κ2) is 9.40. The summed E-state index contributed by atoms with van der Waals surface area (Å²) in [7, 11) is 0. The number of fused-ring (bicyclic) bond motifs is 1. The van der Waals surface area contributed by atoms with E-state index >= 15 is 0 Å². The maximum atomic E-state index is 12.9. The molecule has 0 unspecified atom stereocenters. The van der Waals surface area contributed by atoms with Crippen molar-refractivity contribution in [3.05, 3.63) is 66.7 Å². The molecule has 3 aromatic rings. The Balaban J connectivity index is 2.11. The molecular weight excluding hydrogens is 468 g/mol. The summed E-state index contributed by atoms with van der Waals surface area (Å²) >= 11 is 3.34. The molecule has 3 rings (SSSR count). The molecule has 0 radical (unpaired) electrons. The summed E-state index contributed by atoms with van der Waals surface area (Å²) in [6.45, 7) is 3.48. The first-order valence-electron chi connectivity index (χ1n) is 9.10. The van der Waals surface area contributed by atoms with Crippen molar-refractivity contribution in [1.29, 1.82) is 0 Å². The molecule has 0 fully saturated rings. The predicted molar refractivity (Wildman–Crippen MR) is 120 cm³/mol. The quantitative estimate of drug-likeness (QED) is 0.219. The van der Waals surface area contributed by atoms with Crippen LogP contribution >= 0.6 is 15.9 Å². The van der Waals surface area contributed by atoms with Crippen LogP contribution in [0.25, 0.3) is 10.9 Å². The predicted octanol–water partition coefficient (Wildman–Crippen LogP) is 3.67. The smallest absolute Gasteiger partial charge is 0.315 e. The molecule has 0 aliphatic rings. The maximum absolute atomic E-state index is 12.9. The number of nitrogens with zero attached hydrogens (tertiary/aromatic N) is 4. The number of hydrogen-bond acceptors (Lipinski definition) is 7. The SMILES string of the molecule is C#CCOc1c(OCC)cc(C=Nn2c(C)nc3ccc(Br)cc3c2=O)cc1[N+](=O)[O-]. The fourth-order valence-corrected chi connectivity index (χ4v) is 3.22. The van der Waals surface area contributed by atoms with Crippen molar-refractivity contribution >= 4 is 38.7 Å². The van der Waals surface area contributed by atoms with Gasteiger partial charge in [-0.25, -0.2) is 4.98 Å². The van der Waals surface area contributed by atoms with E-state index in [0.717, 1.165) is 9.15 Å². The number of rotatable bonds is 7. The number of nitro benzene ring substituents is 1. The van der Waals surface area contributed by atoms with Crippen LogP contribution in [0.1, 0.15) is 18.3 Å². The molecular formula is C21H17BrN4O5. The molecule has 0 saturated heterocycles. The van der Waals surface area contributed by atoms with E-state index in [0.29, 0.717) is 22.3 Å². The molecule has 31 heavy (non-hydrogen) atoms. The van der Waals surface area contributed by atoms with Crippen LogP contribution in [0.4, 0.5) is 5.69 Å². The molecule has 0 N–H and O–H groups in total. The van der Waals surface area contributed by atoms with Crippen molar-refractivity contribution in [2.75, 3.05) is 13.2 Å². The van der Waals surface area contributed by atoms with Crippen molar-refractivity contribution < 1.29 is 14.4 Å². The number of ether oxygens (including phenoxy) is 2. The van der Waals surface area contributed by atoms with E-state index < -0.39 is 4.92 Å². The Morgan fingerprint density at radius 1 is 1.35 bits per heavy atom. The van der Waals surface area contributed by atoms with Gasteiger partial charge in [0, 0.05) is 16.1 Å². The molecule has 1 aromatic heterocycles. The molecule has 10 heteroatoms. The van der Waals surface area contributed by atoms with Gasteiger partial charge in [-0.1, -0.05) is 21.9 Å². The first-order valence-corrected chi connectivity index (χ1v) is 9.89. The minimum Gasteiger partial charge on any atom is -0.490 e. The first-order chi connectivity index (χ1) is 14.8. The molecule has 0 bridgehead atoms. The van der Waals surface area contributed by atoms with E-state index in [4.69, 9.17) is 15.9 Å². The number of aryl methyl sites for hydroxylation is 1. The van der Waals surface area contributed by atoms with Gasteiger partial charge in [0.1, 0.15) is 12.4 Å². The van der Waals surface area contributed by atoms with E-state index in [1.165, 1.54) is 18.3 Å². The minimum atomic E-state index is -0.599. The average molecular weight is 485 g/mol. The van der Waals surface area contributed by atoms with Gasteiger partial charge < -0.3 is 9.47 Å². The van der Waals surface area contributed by atoms with Gasteiger partial charge in [-0.15, -0.1) is 6.42 Å². The second-order valence-electron chi connectivity index (χ2n) is 6.23. The number of halogens is 1. The number of aromatic nitrogens is 2. The number of terminal acetylenes is 1. The third-order valence-corrected chi connectivity index (χ3v) is 4.64. The first kappa shape index (κ1) is 22.0. The van der Waals surface area contributed by atoms with Crippen LogP contribution in [0.3, 0.4) is 0 Å². The summed E-state index contributed by atoms with van der Waals surface area (Å²) in [5.41, 5.74) is 0.186. The molecule has 0 amide bonds. The zero-order chi connectivity index (χ0) is 22.5. The van der Waals surface area contributed by atoms with Gasteiger partial charge in [0.15, 0.2) is 5.75 Å². The lowest BCUT2D eigenvalue weighted by molar-refractivity contribution is -0.385. The lowest BCUT2D eigenvalue weighted by Gasteiger charge is -2.11. The average Bonchev–Trinajstić information content (AvgIpc) is 2.73. The van der Waals surface area contributed by atoms with Crippen LogP contribution in [-0.2, 0) is 0 Å². The Hall–Kier alpha value is -3.71. The van der Waals surface area contributed by atoms with E-state index in [1.54, 1.807) is 32.0 Å². The van der Waals surface area contributed by atoms with E-state index in [-0.39, 0.29) is 36.0 Å². The fraction of sp³-hybridized carbons (Fsp3) is 0.190. The van der Waals surface area contributed by atoms with E-state index in [1.807, 2.05) is 0 Å². The van der Waals surface area contributed by atoms with Crippen LogP contribution in [-0.4, -0.2) is 34.0 Å². The Morgan fingerprint density at radius 2 is 2.13 bits per heavy atom. The molecule has 1 heterocycles. The van der Waals surface area contributed by atoms with Crippen LogP contribution in [0.5, 0.6) is 11.5 Å². The largest absolute Gasteiger partial charge is 0.490 e. The third-order valence-electron chi connectivity index (χ3n) is 4.15. The lowest BCUT2D eigenvalue weighted by Crippen LogP contribution is -2.20. The highest BCUT2D eigenvalue weighted by Gasteiger charge is 2.22. The van der Waals surface area contributed by atoms with Crippen LogP contribution in [0, 0.1) is 29.4 Å².